The Hall–Kier alpha value is -1.97. The Morgan fingerprint density at radius 1 is 0.847 bits per heavy atom. The minimum atomic E-state index is -2.87. The zero-order valence-electron chi connectivity index (χ0n) is 38.4. The van der Waals surface area contributed by atoms with Crippen molar-refractivity contribution in [3.8, 4) is 0 Å². The second kappa shape index (κ2) is 14.5. The Morgan fingerprint density at radius 3 is 2.07 bits per heavy atom. The van der Waals surface area contributed by atoms with Gasteiger partial charge < -0.3 is 19.7 Å². The van der Waals surface area contributed by atoms with Gasteiger partial charge in [0.2, 0.25) is 0 Å². The molecule has 0 aromatic heterocycles. The Kier molecular flexibility index (Phi) is 10.8. The first-order chi connectivity index (χ1) is 27.5. The molecule has 9 atom stereocenters. The molecule has 1 spiro atoms. The molecule has 7 aliphatic carbocycles. The van der Waals surface area contributed by atoms with Gasteiger partial charge in [-0.3, -0.25) is 9.59 Å². The third kappa shape index (κ3) is 6.72. The summed E-state index contributed by atoms with van der Waals surface area (Å²) in [5.74, 6) is 2.74. The molecule has 6 saturated carbocycles. The van der Waals surface area contributed by atoms with Crippen molar-refractivity contribution in [2.24, 2.45) is 62.1 Å². The van der Waals surface area contributed by atoms with Gasteiger partial charge in [0.15, 0.2) is 15.3 Å². The lowest BCUT2D eigenvalue weighted by Gasteiger charge is -2.72. The number of esters is 2. The van der Waals surface area contributed by atoms with Gasteiger partial charge in [-0.25, -0.2) is 8.42 Å². The lowest BCUT2D eigenvalue weighted by Crippen LogP contribution is -2.68. The normalized spacial score (nSPS) is 41.3. The summed E-state index contributed by atoms with van der Waals surface area (Å²) in [4.78, 5) is 29.1. The molecule has 0 amide bonds. The molecule has 1 aliphatic heterocycles. The predicted molar refractivity (Wildman–Crippen MR) is 235 cm³/mol. The average molecular weight is 835 g/mol. The van der Waals surface area contributed by atoms with E-state index in [9.17, 15) is 18.0 Å². The highest BCUT2D eigenvalue weighted by atomic mass is 32.2. The van der Waals surface area contributed by atoms with E-state index in [1.807, 2.05) is 27.7 Å². The number of hydrogen-bond donors (Lipinski definition) is 1. The standard InChI is InChI=1S/C50H78N2O6S/c1-32(2)36-14-19-50(51-22-23-52-24-26-59(55,56)27-25-52)21-20-46(10)38(41(36)50)12-13-40-45(9)17-15-37(44(7,8)39(45)16-18-47(40,46)11)35-28-48(29-35)30-49(31-48,42(53)57-33(3)4)43(54)58-34(5)6/h15,17,33-34,36,38-41,51H,1,12-14,16,18-31H2,2-11H3/t36-,38+,39-,40+,41+,45-,46+,47+,50-/m0/s1. The number of carbonyl (C=O) groups is 2. The molecule has 8 nitrogen and oxygen atoms in total. The molecule has 330 valence electrons. The molecular formula is C50H78N2O6S. The Balaban J connectivity index is 1.01. The van der Waals surface area contributed by atoms with Crippen molar-refractivity contribution in [1.82, 2.24) is 10.2 Å². The van der Waals surface area contributed by atoms with E-state index in [-0.39, 0.29) is 44.8 Å². The number of fused-ring (bicyclic) bond motifs is 7. The van der Waals surface area contributed by atoms with E-state index in [1.165, 1.54) is 68.1 Å². The fraction of sp³-hybridized carbons (Fsp3) is 0.840. The van der Waals surface area contributed by atoms with Gasteiger partial charge in [0.05, 0.1) is 23.7 Å². The van der Waals surface area contributed by atoms with Crippen LogP contribution in [0.15, 0.2) is 35.5 Å². The third-order valence-electron chi connectivity index (χ3n) is 19.1. The molecule has 1 N–H and O–H groups in total. The topological polar surface area (TPSA) is 102 Å². The molecule has 59 heavy (non-hydrogen) atoms. The van der Waals surface area contributed by atoms with Crippen LogP contribution in [0.5, 0.6) is 0 Å². The van der Waals surface area contributed by atoms with Crippen LogP contribution in [-0.4, -0.2) is 80.7 Å². The van der Waals surface area contributed by atoms with Crippen LogP contribution < -0.4 is 5.32 Å². The lowest BCUT2D eigenvalue weighted by atomic mass is 9.33. The van der Waals surface area contributed by atoms with Gasteiger partial charge in [-0.2, -0.15) is 0 Å². The van der Waals surface area contributed by atoms with Crippen LogP contribution in [0.2, 0.25) is 0 Å². The molecule has 7 fully saturated rings. The van der Waals surface area contributed by atoms with E-state index >= 15 is 0 Å². The van der Waals surface area contributed by atoms with Crippen molar-refractivity contribution in [2.75, 3.05) is 37.7 Å². The highest BCUT2D eigenvalue weighted by Crippen LogP contribution is 2.77. The minimum absolute atomic E-state index is 0.0270. The maximum Gasteiger partial charge on any atom is 0.323 e. The van der Waals surface area contributed by atoms with E-state index in [0.717, 1.165) is 25.9 Å². The van der Waals surface area contributed by atoms with Gasteiger partial charge in [0.25, 0.3) is 0 Å². The first-order valence-corrected chi connectivity index (χ1v) is 25.5. The summed E-state index contributed by atoms with van der Waals surface area (Å²) in [6, 6.07) is 0. The van der Waals surface area contributed by atoms with Gasteiger partial charge >= 0.3 is 11.9 Å². The van der Waals surface area contributed by atoms with Gasteiger partial charge in [-0.15, -0.1) is 0 Å². The number of sulfone groups is 1. The molecule has 1 heterocycles. The maximum absolute atomic E-state index is 13.4. The van der Waals surface area contributed by atoms with Crippen LogP contribution in [-0.2, 0) is 28.9 Å². The lowest BCUT2D eigenvalue weighted by molar-refractivity contribution is -0.210. The zero-order chi connectivity index (χ0) is 42.8. The summed E-state index contributed by atoms with van der Waals surface area (Å²) in [5.41, 5.74) is 3.96. The van der Waals surface area contributed by atoms with Crippen LogP contribution in [0.1, 0.15) is 146 Å². The van der Waals surface area contributed by atoms with Gasteiger partial charge in [0, 0.05) is 31.7 Å². The molecule has 8 aliphatic rings. The number of allylic oxidation sites excluding steroid dienone is 5. The van der Waals surface area contributed by atoms with Crippen molar-refractivity contribution >= 4 is 21.8 Å². The summed E-state index contributed by atoms with van der Waals surface area (Å²) in [7, 11) is -2.87. The number of rotatable bonds is 9. The van der Waals surface area contributed by atoms with E-state index in [1.54, 1.807) is 0 Å². The van der Waals surface area contributed by atoms with E-state index in [2.05, 4.69) is 70.5 Å². The molecule has 0 aromatic rings. The van der Waals surface area contributed by atoms with Crippen molar-refractivity contribution in [3.63, 3.8) is 0 Å². The minimum Gasteiger partial charge on any atom is -0.462 e. The van der Waals surface area contributed by atoms with Crippen molar-refractivity contribution in [3.05, 3.63) is 35.5 Å². The third-order valence-corrected chi connectivity index (χ3v) is 20.7. The molecule has 0 aromatic carbocycles. The fourth-order valence-corrected chi connectivity index (χ4v) is 17.6. The monoisotopic (exact) mass is 835 g/mol. The van der Waals surface area contributed by atoms with Crippen LogP contribution in [0, 0.1) is 62.1 Å². The van der Waals surface area contributed by atoms with Crippen LogP contribution >= 0.6 is 0 Å². The van der Waals surface area contributed by atoms with Crippen molar-refractivity contribution in [1.29, 1.82) is 0 Å². The maximum atomic E-state index is 13.4. The first kappa shape index (κ1) is 43.7. The molecule has 0 unspecified atom stereocenters. The highest BCUT2D eigenvalue weighted by molar-refractivity contribution is 7.91. The quantitative estimate of drug-likeness (QED) is 0.140. The summed E-state index contributed by atoms with van der Waals surface area (Å²) in [6.45, 7) is 30.5. The fourth-order valence-electron chi connectivity index (χ4n) is 16.3. The highest BCUT2D eigenvalue weighted by Gasteiger charge is 2.72. The van der Waals surface area contributed by atoms with E-state index in [4.69, 9.17) is 9.47 Å². The number of nitrogens with zero attached hydrogens (tertiary/aromatic N) is 1. The molecule has 9 heteroatoms. The summed E-state index contributed by atoms with van der Waals surface area (Å²) >= 11 is 0. The SMILES string of the molecule is C=C(C)[C@@H]1CC[C@]2(NCCN3CCS(=O)(=O)CC3)CC[C@]3(C)[C@H](CC[C@@H]4[C@@]5(C)C=CC(=C6CC7(C6)CC(C(=O)OC(C)C)(C(=O)OC(C)C)C7)C(C)(C)[C@@H]5CC[C@]43C)[C@@H]12. The van der Waals surface area contributed by atoms with E-state index in [0.29, 0.717) is 67.0 Å². The Morgan fingerprint density at radius 2 is 1.47 bits per heavy atom. The largest absolute Gasteiger partial charge is 0.462 e. The second-order valence-electron chi connectivity index (χ2n) is 23.4. The predicted octanol–water partition coefficient (Wildman–Crippen LogP) is 9.25. The van der Waals surface area contributed by atoms with Gasteiger partial charge in [-0.05, 0) is 174 Å². The van der Waals surface area contributed by atoms with E-state index < -0.39 is 27.2 Å². The summed E-state index contributed by atoms with van der Waals surface area (Å²) in [6.07, 6.45) is 17.6. The summed E-state index contributed by atoms with van der Waals surface area (Å²) in [5, 5.41) is 4.22. The number of hydrogen-bond acceptors (Lipinski definition) is 8. The van der Waals surface area contributed by atoms with Crippen LogP contribution in [0.3, 0.4) is 0 Å². The van der Waals surface area contributed by atoms with Crippen LogP contribution in [0.4, 0.5) is 0 Å². The zero-order valence-corrected chi connectivity index (χ0v) is 39.3. The number of carbonyl (C=O) groups excluding carboxylic acids is 2. The summed E-state index contributed by atoms with van der Waals surface area (Å²) < 4.78 is 35.5. The average Bonchev–Trinajstić information content (AvgIpc) is 3.48. The molecule has 1 saturated heterocycles. The van der Waals surface area contributed by atoms with Crippen LogP contribution in [0.25, 0.3) is 0 Å². The van der Waals surface area contributed by atoms with Gasteiger partial charge in [0.1, 0.15) is 0 Å². The van der Waals surface area contributed by atoms with Gasteiger partial charge in [-0.1, -0.05) is 64.5 Å². The Labute approximate surface area is 357 Å². The smallest absolute Gasteiger partial charge is 0.323 e. The second-order valence-corrected chi connectivity index (χ2v) is 25.7. The Bertz CT molecular complexity index is 1860. The molecular weight excluding hydrogens is 757 g/mol. The number of ether oxygens (including phenoxy) is 2. The molecule has 8 rings (SSSR count). The first-order valence-electron chi connectivity index (χ1n) is 23.6. The number of nitrogens with one attached hydrogen (secondary N) is 1. The molecule has 0 radical (unpaired) electrons. The molecule has 0 bridgehead atoms. The van der Waals surface area contributed by atoms with Crippen molar-refractivity contribution < 1.29 is 27.5 Å². The van der Waals surface area contributed by atoms with Crippen molar-refractivity contribution in [2.45, 2.75) is 164 Å².